The Morgan fingerprint density at radius 2 is 0.846 bits per heavy atom. The summed E-state index contributed by atoms with van der Waals surface area (Å²) in [6.07, 6.45) is -7.27. The molecule has 0 aliphatic heterocycles. The lowest BCUT2D eigenvalue weighted by Gasteiger charge is -2.15. The van der Waals surface area contributed by atoms with Gasteiger partial charge in [-0.15, -0.1) is 0 Å². The fourth-order valence-corrected chi connectivity index (χ4v) is 5.00. The summed E-state index contributed by atoms with van der Waals surface area (Å²) >= 11 is 12.8. The van der Waals surface area contributed by atoms with Gasteiger partial charge in [0.25, 0.3) is 0 Å². The van der Waals surface area contributed by atoms with Gasteiger partial charge in [-0.05, 0) is 70.8 Å². The third kappa shape index (κ3) is 7.50. The molecule has 0 amide bonds. The number of alkyl halides is 6. The molecule has 0 saturated carbocycles. The van der Waals surface area contributed by atoms with Crippen LogP contribution in [0.3, 0.4) is 0 Å². The Labute approximate surface area is 235 Å². The fraction of sp³-hybridized carbons (Fsp3) is 0.0667. The summed E-state index contributed by atoms with van der Waals surface area (Å²) in [6.45, 7) is 0. The Morgan fingerprint density at radius 1 is 0.513 bits per heavy atom. The second-order valence-corrected chi connectivity index (χ2v) is 10.3. The van der Waals surface area contributed by atoms with Crippen LogP contribution >= 0.6 is 35.0 Å². The monoisotopic (exact) mass is 594 g/mol. The molecule has 0 aliphatic rings. The van der Waals surface area contributed by atoms with Gasteiger partial charge in [-0.1, -0.05) is 95.6 Å². The highest BCUT2D eigenvalue weighted by Gasteiger charge is 2.36. The van der Waals surface area contributed by atoms with E-state index in [1.165, 1.54) is 60.7 Å². The van der Waals surface area contributed by atoms with Crippen molar-refractivity contribution >= 4 is 58.3 Å². The smallest absolute Gasteiger partial charge is 0.166 e. The summed E-state index contributed by atoms with van der Waals surface area (Å²) in [6, 6.07) is 23.4. The minimum Gasteiger partial charge on any atom is -0.166 e. The lowest BCUT2D eigenvalue weighted by atomic mass is 10.0. The molecular formula is C30H18Cl2F6S. The minimum atomic E-state index is -4.66. The van der Waals surface area contributed by atoms with Crippen LogP contribution in [0.1, 0.15) is 22.3 Å². The van der Waals surface area contributed by atoms with Crippen LogP contribution in [0.5, 0.6) is 0 Å². The van der Waals surface area contributed by atoms with Gasteiger partial charge >= 0.3 is 12.4 Å². The van der Waals surface area contributed by atoms with Crippen LogP contribution in [0.4, 0.5) is 26.3 Å². The molecule has 0 bridgehead atoms. The average Bonchev–Trinajstić information content (AvgIpc) is 2.87. The zero-order valence-corrected chi connectivity index (χ0v) is 22.2. The van der Waals surface area contributed by atoms with Gasteiger partial charge in [-0.3, -0.25) is 0 Å². The summed E-state index contributed by atoms with van der Waals surface area (Å²) in [7, 11) is 0. The van der Waals surface area contributed by atoms with Crippen molar-refractivity contribution in [1.29, 1.82) is 0 Å². The third-order valence-electron chi connectivity index (χ3n) is 5.58. The largest absolute Gasteiger partial charge is 0.417 e. The maximum atomic E-state index is 14.0. The molecule has 39 heavy (non-hydrogen) atoms. The standard InChI is InChI=1S/C30H18Cl2F6S/c31-23-13-9-19(10-14-23)25(29(33,34)35)17-21-5-1-3-7-27(21)39-28-8-4-2-6-22(28)18-26(30(36,37)38)20-11-15-24(32)16-12-20/h1-18H. The molecule has 0 saturated heterocycles. The number of benzene rings is 4. The first-order chi connectivity index (χ1) is 18.4. The molecule has 0 heterocycles. The fourth-order valence-electron chi connectivity index (χ4n) is 3.73. The summed E-state index contributed by atoms with van der Waals surface area (Å²) in [4.78, 5) is 0.878. The van der Waals surface area contributed by atoms with Crippen LogP contribution in [0, 0.1) is 0 Å². The molecule has 0 atom stereocenters. The quantitative estimate of drug-likeness (QED) is 0.158. The van der Waals surface area contributed by atoms with E-state index in [4.69, 9.17) is 23.2 Å². The third-order valence-corrected chi connectivity index (χ3v) is 7.27. The Kier molecular flexibility index (Phi) is 8.84. The predicted molar refractivity (Wildman–Crippen MR) is 148 cm³/mol. The lowest BCUT2D eigenvalue weighted by Crippen LogP contribution is -2.10. The molecule has 0 spiro atoms. The van der Waals surface area contributed by atoms with Crippen molar-refractivity contribution < 1.29 is 26.3 Å². The summed E-state index contributed by atoms with van der Waals surface area (Å²) < 4.78 is 84.2. The van der Waals surface area contributed by atoms with E-state index in [0.717, 1.165) is 23.9 Å². The van der Waals surface area contributed by atoms with Crippen LogP contribution in [-0.2, 0) is 0 Å². The predicted octanol–water partition coefficient (Wildman–Crippen LogP) is 11.4. The van der Waals surface area contributed by atoms with E-state index in [2.05, 4.69) is 0 Å². The number of halogens is 8. The van der Waals surface area contributed by atoms with Crippen LogP contribution in [0.2, 0.25) is 10.0 Å². The van der Waals surface area contributed by atoms with E-state index >= 15 is 0 Å². The molecule has 4 aromatic carbocycles. The van der Waals surface area contributed by atoms with Crippen molar-refractivity contribution in [3.8, 4) is 0 Å². The van der Waals surface area contributed by atoms with Gasteiger partial charge in [0.15, 0.2) is 0 Å². The maximum absolute atomic E-state index is 14.0. The second kappa shape index (κ2) is 11.9. The van der Waals surface area contributed by atoms with Crippen molar-refractivity contribution in [2.75, 3.05) is 0 Å². The molecule has 0 N–H and O–H groups in total. The Bertz CT molecular complexity index is 1390. The number of hydrogen-bond donors (Lipinski definition) is 0. The Balaban J connectivity index is 1.78. The molecule has 4 aromatic rings. The zero-order valence-electron chi connectivity index (χ0n) is 19.8. The van der Waals surface area contributed by atoms with Crippen LogP contribution in [0.25, 0.3) is 23.3 Å². The van der Waals surface area contributed by atoms with E-state index < -0.39 is 23.5 Å². The van der Waals surface area contributed by atoms with Gasteiger partial charge in [-0.25, -0.2) is 0 Å². The second-order valence-electron chi connectivity index (χ2n) is 8.30. The highest BCUT2D eigenvalue weighted by atomic mass is 35.5. The maximum Gasteiger partial charge on any atom is 0.417 e. The number of allylic oxidation sites excluding steroid dienone is 2. The molecule has 9 heteroatoms. The van der Waals surface area contributed by atoms with E-state index in [0.29, 0.717) is 19.8 Å². The highest BCUT2D eigenvalue weighted by molar-refractivity contribution is 7.99. The van der Waals surface area contributed by atoms with Crippen molar-refractivity contribution in [1.82, 2.24) is 0 Å². The normalized spacial score (nSPS) is 13.0. The van der Waals surface area contributed by atoms with Gasteiger partial charge < -0.3 is 0 Å². The molecule has 0 aromatic heterocycles. The summed E-state index contributed by atoms with van der Waals surface area (Å²) in [5.41, 5.74) is -1.35. The Morgan fingerprint density at radius 3 is 1.18 bits per heavy atom. The molecular weight excluding hydrogens is 577 g/mol. The van der Waals surface area contributed by atoms with Crippen LogP contribution in [-0.4, -0.2) is 12.4 Å². The molecule has 0 aliphatic carbocycles. The van der Waals surface area contributed by atoms with Crippen LogP contribution in [0.15, 0.2) is 107 Å². The summed E-state index contributed by atoms with van der Waals surface area (Å²) in [5, 5.41) is 0.607. The molecule has 0 unspecified atom stereocenters. The van der Waals surface area contributed by atoms with E-state index in [1.807, 2.05) is 0 Å². The summed E-state index contributed by atoms with van der Waals surface area (Å²) in [5.74, 6) is 0. The topological polar surface area (TPSA) is 0 Å². The lowest BCUT2D eigenvalue weighted by molar-refractivity contribution is -0.0692. The van der Waals surface area contributed by atoms with Gasteiger partial charge in [0.05, 0.1) is 11.1 Å². The first-order valence-electron chi connectivity index (χ1n) is 11.4. The molecule has 0 radical (unpaired) electrons. The van der Waals surface area contributed by atoms with E-state index in [9.17, 15) is 26.3 Å². The van der Waals surface area contributed by atoms with Crippen molar-refractivity contribution in [3.63, 3.8) is 0 Å². The first-order valence-corrected chi connectivity index (χ1v) is 12.9. The molecule has 0 fully saturated rings. The molecule has 4 rings (SSSR count). The van der Waals surface area contributed by atoms with Gasteiger partial charge in [0, 0.05) is 19.8 Å². The van der Waals surface area contributed by atoms with E-state index in [1.54, 1.807) is 36.4 Å². The first kappa shape index (κ1) is 28.9. The van der Waals surface area contributed by atoms with E-state index in [-0.39, 0.29) is 22.3 Å². The van der Waals surface area contributed by atoms with Crippen LogP contribution < -0.4 is 0 Å². The minimum absolute atomic E-state index is 0.0622. The molecule has 0 nitrogen and oxygen atoms in total. The average molecular weight is 595 g/mol. The van der Waals surface area contributed by atoms with Gasteiger partial charge in [-0.2, -0.15) is 26.3 Å². The SMILES string of the molecule is FC(F)(F)C(=Cc1ccccc1Sc1ccccc1C=C(c1ccc(Cl)cc1)C(F)(F)F)c1ccc(Cl)cc1. The van der Waals surface area contributed by atoms with Crippen molar-refractivity contribution in [3.05, 3.63) is 129 Å². The van der Waals surface area contributed by atoms with Crippen molar-refractivity contribution in [2.24, 2.45) is 0 Å². The Hall–Kier alpha value is -3.13. The van der Waals surface area contributed by atoms with Gasteiger partial charge in [0.1, 0.15) is 0 Å². The number of rotatable bonds is 6. The highest BCUT2D eigenvalue weighted by Crippen LogP contribution is 2.41. The van der Waals surface area contributed by atoms with Gasteiger partial charge in [0.2, 0.25) is 0 Å². The molecule has 200 valence electrons. The zero-order chi connectivity index (χ0) is 28.2. The van der Waals surface area contributed by atoms with Crippen molar-refractivity contribution in [2.45, 2.75) is 22.1 Å². The number of hydrogen-bond acceptors (Lipinski definition) is 1.